The van der Waals surface area contributed by atoms with Crippen molar-refractivity contribution in [3.63, 3.8) is 0 Å². The quantitative estimate of drug-likeness (QED) is 0.895. The number of carbonyl (C=O) groups is 1. The van der Waals surface area contributed by atoms with Gasteiger partial charge in [0, 0.05) is 12.1 Å². The monoisotopic (exact) mass is 285 g/mol. The molecule has 7 heteroatoms. The van der Waals surface area contributed by atoms with E-state index in [-0.39, 0.29) is 17.5 Å². The van der Waals surface area contributed by atoms with Crippen LogP contribution in [0, 0.1) is 0 Å². The van der Waals surface area contributed by atoms with Crippen LogP contribution in [0.4, 0.5) is 4.79 Å². The van der Waals surface area contributed by atoms with Crippen LogP contribution in [-0.4, -0.2) is 39.2 Å². The summed E-state index contributed by atoms with van der Waals surface area (Å²) in [5.41, 5.74) is 0. The van der Waals surface area contributed by atoms with E-state index in [0.29, 0.717) is 17.9 Å². The second-order valence-electron chi connectivity index (χ2n) is 4.31. The molecule has 0 aliphatic carbocycles. The lowest BCUT2D eigenvalue weighted by molar-refractivity contribution is 0.197. The number of rotatable bonds is 3. The lowest BCUT2D eigenvalue weighted by atomic mass is 10.3. The van der Waals surface area contributed by atoms with E-state index in [9.17, 15) is 13.2 Å². The minimum Gasteiger partial charge on any atom is -0.497 e. The van der Waals surface area contributed by atoms with Gasteiger partial charge in [0.2, 0.25) is 0 Å². The highest BCUT2D eigenvalue weighted by Crippen LogP contribution is 2.19. The van der Waals surface area contributed by atoms with Crippen LogP contribution in [0.2, 0.25) is 0 Å². The molecular weight excluding hydrogens is 270 g/mol. The summed E-state index contributed by atoms with van der Waals surface area (Å²) < 4.78 is 32.6. The molecule has 0 bridgehead atoms. The average molecular weight is 285 g/mol. The van der Waals surface area contributed by atoms with Crippen molar-refractivity contribution in [2.24, 2.45) is 0 Å². The van der Waals surface area contributed by atoms with E-state index in [1.165, 1.54) is 7.11 Å². The molecule has 2 rings (SSSR count). The summed E-state index contributed by atoms with van der Waals surface area (Å²) in [4.78, 5) is 11.6. The molecule has 0 radical (unpaired) electrons. The third kappa shape index (κ3) is 3.85. The van der Waals surface area contributed by atoms with Crippen molar-refractivity contribution >= 4 is 15.9 Å². The lowest BCUT2D eigenvalue weighted by Crippen LogP contribution is -2.37. The standard InChI is InChI=1S/C12H15NO5S/c1-17-10-3-2-4-11(7-10)18-12(14)13-9-5-6-19(15,16)8-9/h2-4,7,9H,5-6,8H2,1H3,(H,13,14). The van der Waals surface area contributed by atoms with E-state index in [1.54, 1.807) is 24.3 Å². The third-order valence-electron chi connectivity index (χ3n) is 2.81. The van der Waals surface area contributed by atoms with E-state index in [1.807, 2.05) is 0 Å². The average Bonchev–Trinajstić information content (AvgIpc) is 2.68. The van der Waals surface area contributed by atoms with Gasteiger partial charge in [0.25, 0.3) is 0 Å². The Labute approximate surface area is 111 Å². The van der Waals surface area contributed by atoms with Gasteiger partial charge in [0.1, 0.15) is 11.5 Å². The van der Waals surface area contributed by atoms with Gasteiger partial charge >= 0.3 is 6.09 Å². The molecule has 1 aliphatic rings. The van der Waals surface area contributed by atoms with Crippen molar-refractivity contribution in [1.29, 1.82) is 0 Å². The summed E-state index contributed by atoms with van der Waals surface area (Å²) >= 11 is 0. The van der Waals surface area contributed by atoms with Gasteiger partial charge in [-0.1, -0.05) is 6.07 Å². The largest absolute Gasteiger partial charge is 0.497 e. The summed E-state index contributed by atoms with van der Waals surface area (Å²) in [6.45, 7) is 0. The van der Waals surface area contributed by atoms with Gasteiger partial charge in [-0.15, -0.1) is 0 Å². The highest BCUT2D eigenvalue weighted by molar-refractivity contribution is 7.91. The van der Waals surface area contributed by atoms with Crippen LogP contribution in [0.15, 0.2) is 24.3 Å². The van der Waals surface area contributed by atoms with Gasteiger partial charge in [-0.3, -0.25) is 0 Å². The number of hydrogen-bond donors (Lipinski definition) is 1. The summed E-state index contributed by atoms with van der Waals surface area (Å²) in [7, 11) is -1.50. The first-order valence-corrected chi connectivity index (χ1v) is 7.63. The van der Waals surface area contributed by atoms with Crippen molar-refractivity contribution < 1.29 is 22.7 Å². The Kier molecular flexibility index (Phi) is 3.94. The summed E-state index contributed by atoms with van der Waals surface area (Å²) in [5.74, 6) is 1.00. The second-order valence-corrected chi connectivity index (χ2v) is 6.54. The van der Waals surface area contributed by atoms with Gasteiger partial charge in [0.05, 0.1) is 18.6 Å². The van der Waals surface area contributed by atoms with Crippen LogP contribution < -0.4 is 14.8 Å². The summed E-state index contributed by atoms with van der Waals surface area (Å²) in [6.07, 6.45) is -0.231. The van der Waals surface area contributed by atoms with E-state index in [0.717, 1.165) is 0 Å². The van der Waals surface area contributed by atoms with Gasteiger partial charge in [-0.05, 0) is 18.6 Å². The summed E-state index contributed by atoms with van der Waals surface area (Å²) in [6, 6.07) is 6.25. The van der Waals surface area contributed by atoms with Gasteiger partial charge in [0.15, 0.2) is 9.84 Å². The fourth-order valence-corrected chi connectivity index (χ4v) is 3.55. The van der Waals surface area contributed by atoms with Crippen LogP contribution in [-0.2, 0) is 9.84 Å². The number of methoxy groups -OCH3 is 1. The topological polar surface area (TPSA) is 81.7 Å². The number of sulfone groups is 1. The van der Waals surface area contributed by atoms with Crippen LogP contribution in [0.1, 0.15) is 6.42 Å². The molecular formula is C12H15NO5S. The molecule has 1 heterocycles. The van der Waals surface area contributed by atoms with E-state index in [2.05, 4.69) is 5.32 Å². The van der Waals surface area contributed by atoms with Gasteiger partial charge < -0.3 is 14.8 Å². The number of hydrogen-bond acceptors (Lipinski definition) is 5. The number of amides is 1. The molecule has 1 fully saturated rings. The SMILES string of the molecule is COc1cccc(OC(=O)NC2CCS(=O)(=O)C2)c1. The van der Waals surface area contributed by atoms with E-state index >= 15 is 0 Å². The first kappa shape index (κ1) is 13.7. The molecule has 1 aromatic rings. The highest BCUT2D eigenvalue weighted by Gasteiger charge is 2.29. The first-order chi connectivity index (χ1) is 8.98. The Morgan fingerprint density at radius 3 is 2.74 bits per heavy atom. The Balaban J connectivity index is 1.91. The van der Waals surface area contributed by atoms with Crippen molar-refractivity contribution in [2.45, 2.75) is 12.5 Å². The fraction of sp³-hybridized carbons (Fsp3) is 0.417. The molecule has 1 saturated heterocycles. The number of nitrogens with one attached hydrogen (secondary N) is 1. The maximum atomic E-state index is 11.6. The zero-order valence-electron chi connectivity index (χ0n) is 10.5. The normalized spacial score (nSPS) is 20.8. The predicted octanol–water partition coefficient (Wildman–Crippen LogP) is 0.971. The van der Waals surface area contributed by atoms with Crippen molar-refractivity contribution in [2.75, 3.05) is 18.6 Å². The Bertz CT molecular complexity index is 569. The Morgan fingerprint density at radius 1 is 1.37 bits per heavy atom. The predicted molar refractivity (Wildman–Crippen MR) is 69.2 cm³/mol. The minimum atomic E-state index is -3.01. The van der Waals surface area contributed by atoms with Gasteiger partial charge in [-0.25, -0.2) is 13.2 Å². The molecule has 1 unspecified atom stereocenters. The number of benzene rings is 1. The van der Waals surface area contributed by atoms with E-state index < -0.39 is 15.9 Å². The third-order valence-corrected chi connectivity index (χ3v) is 4.57. The van der Waals surface area contributed by atoms with Gasteiger partial charge in [-0.2, -0.15) is 0 Å². The molecule has 6 nitrogen and oxygen atoms in total. The zero-order chi connectivity index (χ0) is 13.9. The van der Waals surface area contributed by atoms with Crippen LogP contribution >= 0.6 is 0 Å². The Hall–Kier alpha value is -1.76. The van der Waals surface area contributed by atoms with Crippen molar-refractivity contribution in [3.05, 3.63) is 24.3 Å². The fourth-order valence-electron chi connectivity index (χ4n) is 1.88. The van der Waals surface area contributed by atoms with Crippen molar-refractivity contribution in [1.82, 2.24) is 5.32 Å². The molecule has 1 amide bonds. The minimum absolute atomic E-state index is 0.0276. The molecule has 19 heavy (non-hydrogen) atoms. The van der Waals surface area contributed by atoms with Crippen LogP contribution in [0.5, 0.6) is 11.5 Å². The smallest absolute Gasteiger partial charge is 0.412 e. The van der Waals surface area contributed by atoms with Crippen LogP contribution in [0.25, 0.3) is 0 Å². The molecule has 0 spiro atoms. The maximum Gasteiger partial charge on any atom is 0.412 e. The molecule has 1 N–H and O–H groups in total. The summed E-state index contributed by atoms with van der Waals surface area (Å²) in [5, 5.41) is 2.54. The maximum absolute atomic E-state index is 11.6. The Morgan fingerprint density at radius 2 is 2.11 bits per heavy atom. The number of carbonyl (C=O) groups excluding carboxylic acids is 1. The van der Waals surface area contributed by atoms with Crippen LogP contribution in [0.3, 0.4) is 0 Å². The van der Waals surface area contributed by atoms with Crippen molar-refractivity contribution in [3.8, 4) is 11.5 Å². The first-order valence-electron chi connectivity index (χ1n) is 5.81. The number of ether oxygens (including phenoxy) is 2. The molecule has 1 atom stereocenters. The molecule has 1 aromatic carbocycles. The lowest BCUT2D eigenvalue weighted by Gasteiger charge is -2.11. The molecule has 0 aromatic heterocycles. The second kappa shape index (κ2) is 5.48. The van der Waals surface area contributed by atoms with E-state index in [4.69, 9.17) is 9.47 Å². The highest BCUT2D eigenvalue weighted by atomic mass is 32.2. The zero-order valence-corrected chi connectivity index (χ0v) is 11.3. The molecule has 1 aliphatic heterocycles. The molecule has 104 valence electrons. The molecule has 0 saturated carbocycles.